The lowest BCUT2D eigenvalue weighted by molar-refractivity contribution is 0.385. The van der Waals surface area contributed by atoms with E-state index in [-0.39, 0.29) is 9.92 Å². The summed E-state index contributed by atoms with van der Waals surface area (Å²) in [6, 6.07) is 13.2. The van der Waals surface area contributed by atoms with Gasteiger partial charge < -0.3 is 4.90 Å². The smallest absolute Gasteiger partial charge is 0.244 e. The number of halogens is 2. The Labute approximate surface area is 140 Å². The van der Waals surface area contributed by atoms with Crippen LogP contribution >= 0.6 is 11.6 Å². The van der Waals surface area contributed by atoms with Crippen LogP contribution in [0.25, 0.3) is 0 Å². The third-order valence-electron chi connectivity index (χ3n) is 3.87. The number of sulfonamides is 1. The van der Waals surface area contributed by atoms with Gasteiger partial charge >= 0.3 is 0 Å². The van der Waals surface area contributed by atoms with E-state index in [4.69, 9.17) is 11.6 Å². The minimum atomic E-state index is -3.71. The van der Waals surface area contributed by atoms with Crippen molar-refractivity contribution in [1.82, 2.24) is 4.31 Å². The molecule has 0 atom stereocenters. The molecule has 3 rings (SSSR count). The van der Waals surface area contributed by atoms with E-state index in [9.17, 15) is 12.8 Å². The molecule has 0 amide bonds. The van der Waals surface area contributed by atoms with Crippen molar-refractivity contribution in [3.8, 4) is 0 Å². The maximum atomic E-state index is 13.1. The van der Waals surface area contributed by atoms with Gasteiger partial charge in [-0.05, 0) is 30.3 Å². The van der Waals surface area contributed by atoms with Crippen LogP contribution in [0.2, 0.25) is 5.02 Å². The van der Waals surface area contributed by atoms with Crippen LogP contribution in [0, 0.1) is 5.82 Å². The highest BCUT2D eigenvalue weighted by molar-refractivity contribution is 7.89. The Kier molecular flexibility index (Phi) is 4.57. The molecule has 2 aromatic carbocycles. The molecule has 1 saturated heterocycles. The average molecular weight is 355 g/mol. The van der Waals surface area contributed by atoms with E-state index in [1.54, 1.807) is 0 Å². The Morgan fingerprint density at radius 2 is 1.61 bits per heavy atom. The van der Waals surface area contributed by atoms with Gasteiger partial charge in [-0.15, -0.1) is 0 Å². The largest absolute Gasteiger partial charge is 0.369 e. The normalized spacial score (nSPS) is 16.5. The lowest BCUT2D eigenvalue weighted by Gasteiger charge is -2.35. The van der Waals surface area contributed by atoms with Crippen molar-refractivity contribution in [2.45, 2.75) is 4.90 Å². The van der Waals surface area contributed by atoms with Crippen molar-refractivity contribution in [2.75, 3.05) is 31.1 Å². The second kappa shape index (κ2) is 6.47. The summed E-state index contributed by atoms with van der Waals surface area (Å²) in [5, 5.41) is -0.0875. The molecule has 0 saturated carbocycles. The Hall–Kier alpha value is -1.63. The number of nitrogens with zero attached hydrogens (tertiary/aromatic N) is 2. The number of hydrogen-bond acceptors (Lipinski definition) is 3. The van der Waals surface area contributed by atoms with Crippen LogP contribution in [0.1, 0.15) is 0 Å². The molecular weight excluding hydrogens is 339 g/mol. The molecule has 0 N–H and O–H groups in total. The summed E-state index contributed by atoms with van der Waals surface area (Å²) in [7, 11) is -3.71. The standard InChI is InChI=1S/C16H16ClFN2O2S/c17-15-12-13(18)6-7-16(15)23(21,22)20-10-8-19(9-11-20)14-4-2-1-3-5-14/h1-7,12H,8-11H2. The zero-order valence-electron chi connectivity index (χ0n) is 12.3. The summed E-state index contributed by atoms with van der Waals surface area (Å²) in [5.41, 5.74) is 1.07. The second-order valence-electron chi connectivity index (χ2n) is 5.30. The summed E-state index contributed by atoms with van der Waals surface area (Å²) >= 11 is 5.90. The van der Waals surface area contributed by atoms with E-state index in [1.165, 1.54) is 10.4 Å². The van der Waals surface area contributed by atoms with Crippen LogP contribution in [-0.2, 0) is 10.0 Å². The van der Waals surface area contributed by atoms with E-state index in [0.29, 0.717) is 26.2 Å². The van der Waals surface area contributed by atoms with Gasteiger partial charge in [-0.2, -0.15) is 4.31 Å². The van der Waals surface area contributed by atoms with Crippen LogP contribution in [-0.4, -0.2) is 38.9 Å². The van der Waals surface area contributed by atoms with E-state index >= 15 is 0 Å². The topological polar surface area (TPSA) is 40.6 Å². The van der Waals surface area contributed by atoms with Crippen LogP contribution < -0.4 is 4.90 Å². The van der Waals surface area contributed by atoms with Gasteiger partial charge in [0.25, 0.3) is 0 Å². The summed E-state index contributed by atoms with van der Waals surface area (Å²) in [4.78, 5) is 2.09. The van der Waals surface area contributed by atoms with Gasteiger partial charge in [0, 0.05) is 31.9 Å². The number of piperazine rings is 1. The Morgan fingerprint density at radius 3 is 2.22 bits per heavy atom. The molecular formula is C16H16ClFN2O2S. The minimum Gasteiger partial charge on any atom is -0.369 e. The molecule has 1 heterocycles. The van der Waals surface area contributed by atoms with Gasteiger partial charge in [-0.3, -0.25) is 0 Å². The first-order chi connectivity index (χ1) is 11.0. The Bertz CT molecular complexity index is 791. The summed E-state index contributed by atoms with van der Waals surface area (Å²) in [5.74, 6) is -0.553. The summed E-state index contributed by atoms with van der Waals surface area (Å²) in [6.07, 6.45) is 0. The molecule has 122 valence electrons. The van der Waals surface area contributed by atoms with E-state index in [0.717, 1.165) is 17.8 Å². The molecule has 0 aliphatic carbocycles. The highest BCUT2D eigenvalue weighted by Gasteiger charge is 2.30. The highest BCUT2D eigenvalue weighted by atomic mass is 35.5. The number of para-hydroxylation sites is 1. The van der Waals surface area contributed by atoms with Crippen molar-refractivity contribution in [1.29, 1.82) is 0 Å². The zero-order valence-corrected chi connectivity index (χ0v) is 13.9. The van der Waals surface area contributed by atoms with Crippen LogP contribution in [0.5, 0.6) is 0 Å². The molecule has 23 heavy (non-hydrogen) atoms. The first-order valence-electron chi connectivity index (χ1n) is 7.24. The first-order valence-corrected chi connectivity index (χ1v) is 9.05. The lowest BCUT2D eigenvalue weighted by Crippen LogP contribution is -2.48. The quantitative estimate of drug-likeness (QED) is 0.850. The van der Waals surface area contributed by atoms with Gasteiger partial charge in [0.05, 0.1) is 5.02 Å². The number of anilines is 1. The lowest BCUT2D eigenvalue weighted by atomic mass is 10.2. The third-order valence-corrected chi connectivity index (χ3v) is 6.25. The van der Waals surface area contributed by atoms with Crippen molar-refractivity contribution in [2.24, 2.45) is 0 Å². The molecule has 1 aliphatic rings. The molecule has 0 radical (unpaired) electrons. The Balaban J connectivity index is 1.76. The van der Waals surface area contributed by atoms with Crippen LogP contribution in [0.3, 0.4) is 0 Å². The van der Waals surface area contributed by atoms with Crippen LogP contribution in [0.4, 0.5) is 10.1 Å². The van der Waals surface area contributed by atoms with E-state index in [1.807, 2.05) is 30.3 Å². The molecule has 0 spiro atoms. The van der Waals surface area contributed by atoms with Gasteiger partial charge in [0.1, 0.15) is 10.7 Å². The second-order valence-corrected chi connectivity index (χ2v) is 7.61. The van der Waals surface area contributed by atoms with Crippen molar-refractivity contribution in [3.63, 3.8) is 0 Å². The van der Waals surface area contributed by atoms with Gasteiger partial charge in [-0.1, -0.05) is 29.8 Å². The Morgan fingerprint density at radius 1 is 0.957 bits per heavy atom. The molecule has 0 aromatic heterocycles. The van der Waals surface area contributed by atoms with Crippen molar-refractivity contribution in [3.05, 3.63) is 59.4 Å². The molecule has 7 heteroatoms. The van der Waals surface area contributed by atoms with Gasteiger partial charge in [-0.25, -0.2) is 12.8 Å². The number of benzene rings is 2. The number of hydrogen-bond donors (Lipinski definition) is 0. The van der Waals surface area contributed by atoms with Crippen molar-refractivity contribution >= 4 is 27.3 Å². The molecule has 2 aromatic rings. The zero-order chi connectivity index (χ0) is 16.4. The maximum absolute atomic E-state index is 13.1. The molecule has 1 fully saturated rings. The molecule has 0 bridgehead atoms. The number of rotatable bonds is 3. The fourth-order valence-corrected chi connectivity index (χ4v) is 4.58. The summed E-state index contributed by atoms with van der Waals surface area (Å²) < 4.78 is 39.8. The van der Waals surface area contributed by atoms with Gasteiger partial charge in [0.15, 0.2) is 0 Å². The van der Waals surface area contributed by atoms with Crippen molar-refractivity contribution < 1.29 is 12.8 Å². The maximum Gasteiger partial charge on any atom is 0.244 e. The first kappa shape index (κ1) is 16.2. The van der Waals surface area contributed by atoms with E-state index < -0.39 is 15.8 Å². The fourth-order valence-electron chi connectivity index (χ4n) is 2.65. The van der Waals surface area contributed by atoms with E-state index in [2.05, 4.69) is 4.90 Å². The predicted molar refractivity (Wildman–Crippen MR) is 88.8 cm³/mol. The average Bonchev–Trinajstić information content (AvgIpc) is 2.55. The SMILES string of the molecule is O=S(=O)(c1ccc(F)cc1Cl)N1CCN(c2ccccc2)CC1. The van der Waals surface area contributed by atoms with Gasteiger partial charge in [0.2, 0.25) is 10.0 Å². The fraction of sp³-hybridized carbons (Fsp3) is 0.250. The van der Waals surface area contributed by atoms with Crippen LogP contribution in [0.15, 0.2) is 53.4 Å². The highest BCUT2D eigenvalue weighted by Crippen LogP contribution is 2.27. The predicted octanol–water partition coefficient (Wildman–Crippen LogP) is 2.99. The monoisotopic (exact) mass is 354 g/mol. The minimum absolute atomic E-state index is 0.0475. The summed E-state index contributed by atoms with van der Waals surface area (Å²) in [6.45, 7) is 1.93. The molecule has 1 aliphatic heterocycles. The molecule has 4 nitrogen and oxygen atoms in total. The molecule has 0 unspecified atom stereocenters. The third kappa shape index (κ3) is 3.34.